The lowest BCUT2D eigenvalue weighted by molar-refractivity contribution is -0.135. The maximum atomic E-state index is 13.6. The van der Waals surface area contributed by atoms with E-state index in [2.05, 4.69) is 39.0 Å². The molecule has 7 heteroatoms. The lowest BCUT2D eigenvalue weighted by Crippen LogP contribution is -2.56. The first kappa shape index (κ1) is 23.8. The van der Waals surface area contributed by atoms with Gasteiger partial charge in [0.1, 0.15) is 5.54 Å². The molecule has 2 aromatic rings. The van der Waals surface area contributed by atoms with Crippen molar-refractivity contribution >= 4 is 17.6 Å². The van der Waals surface area contributed by atoms with Crippen molar-refractivity contribution in [3.8, 4) is 0 Å². The predicted octanol–water partition coefficient (Wildman–Crippen LogP) is 3.93. The van der Waals surface area contributed by atoms with Crippen LogP contribution in [0.3, 0.4) is 0 Å². The second-order valence-electron chi connectivity index (χ2n) is 10.1. The summed E-state index contributed by atoms with van der Waals surface area (Å²) < 4.78 is 0. The molecule has 3 aliphatic rings. The number of pyridine rings is 1. The van der Waals surface area contributed by atoms with Crippen molar-refractivity contribution in [2.75, 3.05) is 44.2 Å². The topological polar surface area (TPSA) is 60.0 Å². The van der Waals surface area contributed by atoms with E-state index in [9.17, 15) is 9.59 Å². The molecule has 1 spiro atoms. The zero-order valence-corrected chi connectivity index (χ0v) is 20.9. The van der Waals surface area contributed by atoms with Gasteiger partial charge in [0, 0.05) is 63.9 Å². The fourth-order valence-electron chi connectivity index (χ4n) is 6.02. The molecule has 7 nitrogen and oxygen atoms in total. The van der Waals surface area contributed by atoms with Gasteiger partial charge < -0.3 is 9.80 Å². The third-order valence-electron chi connectivity index (χ3n) is 8.00. The zero-order valence-electron chi connectivity index (χ0n) is 20.9. The van der Waals surface area contributed by atoms with E-state index in [-0.39, 0.29) is 11.9 Å². The van der Waals surface area contributed by atoms with Crippen LogP contribution in [0.15, 0.2) is 48.8 Å². The van der Waals surface area contributed by atoms with Gasteiger partial charge in [-0.15, -0.1) is 0 Å². The van der Waals surface area contributed by atoms with Crippen LogP contribution >= 0.6 is 0 Å². The van der Waals surface area contributed by atoms with Gasteiger partial charge in [0.15, 0.2) is 0 Å². The zero-order chi connectivity index (χ0) is 24.3. The number of rotatable bonds is 8. The standard InChI is InChI=1S/C28H37N5O2/c1-2-33-27(35)32(18-6-8-23-7-5-15-29-21-23)26(34)28(33)13-19-30(20-14-28)22-24-9-11-25(12-10-24)31-16-3-4-17-31/h5,7,9-12,15,21H,2-4,6,8,13-14,16-20,22H2,1H3. The third-order valence-corrected chi connectivity index (χ3v) is 8.00. The van der Waals surface area contributed by atoms with Crippen molar-refractivity contribution in [2.24, 2.45) is 0 Å². The Bertz CT molecular complexity index is 1010. The Kier molecular flexibility index (Phi) is 7.04. The Morgan fingerprint density at radius 2 is 1.69 bits per heavy atom. The van der Waals surface area contributed by atoms with Crippen LogP contribution in [0.1, 0.15) is 50.2 Å². The van der Waals surface area contributed by atoms with E-state index in [4.69, 9.17) is 0 Å². The van der Waals surface area contributed by atoms with E-state index in [1.165, 1.54) is 29.0 Å². The molecule has 3 amide bonds. The van der Waals surface area contributed by atoms with Crippen LogP contribution in [0.4, 0.5) is 10.5 Å². The molecule has 4 heterocycles. The first-order valence-electron chi connectivity index (χ1n) is 13.2. The number of likely N-dealkylation sites (N-methyl/N-ethyl adjacent to an activating group) is 1. The highest BCUT2D eigenvalue weighted by Crippen LogP contribution is 2.37. The molecular formula is C28H37N5O2. The van der Waals surface area contributed by atoms with Crippen LogP contribution < -0.4 is 4.90 Å². The van der Waals surface area contributed by atoms with Crippen LogP contribution in [0.2, 0.25) is 0 Å². The number of aromatic nitrogens is 1. The van der Waals surface area contributed by atoms with Gasteiger partial charge in [0.25, 0.3) is 5.91 Å². The maximum absolute atomic E-state index is 13.6. The summed E-state index contributed by atoms with van der Waals surface area (Å²) in [6.07, 6.45) is 9.17. The van der Waals surface area contributed by atoms with Gasteiger partial charge in [0.2, 0.25) is 0 Å². The number of anilines is 1. The Morgan fingerprint density at radius 3 is 2.34 bits per heavy atom. The van der Waals surface area contributed by atoms with Crippen LogP contribution in [0, 0.1) is 0 Å². The Hall–Kier alpha value is -2.93. The predicted molar refractivity (Wildman–Crippen MR) is 137 cm³/mol. The summed E-state index contributed by atoms with van der Waals surface area (Å²) in [5.74, 6) is 0.00477. The van der Waals surface area contributed by atoms with Crippen molar-refractivity contribution in [3.05, 3.63) is 59.9 Å². The Morgan fingerprint density at radius 1 is 0.943 bits per heavy atom. The number of benzene rings is 1. The van der Waals surface area contributed by atoms with E-state index in [1.807, 2.05) is 30.2 Å². The van der Waals surface area contributed by atoms with Gasteiger partial charge in [-0.1, -0.05) is 18.2 Å². The summed E-state index contributed by atoms with van der Waals surface area (Å²) in [7, 11) is 0. The van der Waals surface area contributed by atoms with Crippen molar-refractivity contribution in [1.82, 2.24) is 19.7 Å². The van der Waals surface area contributed by atoms with E-state index >= 15 is 0 Å². The summed E-state index contributed by atoms with van der Waals surface area (Å²) >= 11 is 0. The SMILES string of the molecule is CCN1C(=O)N(CCCc2cccnc2)C(=O)C12CCN(Cc1ccc(N3CCCC3)cc1)CC2. The van der Waals surface area contributed by atoms with Gasteiger partial charge in [-0.25, -0.2) is 4.79 Å². The van der Waals surface area contributed by atoms with Crippen LogP contribution in [0.25, 0.3) is 0 Å². The summed E-state index contributed by atoms with van der Waals surface area (Å²) in [5.41, 5.74) is 3.09. The lowest BCUT2D eigenvalue weighted by atomic mass is 9.85. The largest absolute Gasteiger partial charge is 0.372 e. The highest BCUT2D eigenvalue weighted by molar-refractivity contribution is 6.07. The molecule has 0 radical (unpaired) electrons. The van der Waals surface area contributed by atoms with Gasteiger partial charge in [-0.2, -0.15) is 0 Å². The third kappa shape index (κ3) is 4.79. The molecule has 186 valence electrons. The highest BCUT2D eigenvalue weighted by atomic mass is 16.2. The number of nitrogens with zero attached hydrogens (tertiary/aromatic N) is 5. The molecule has 3 saturated heterocycles. The molecule has 1 aromatic carbocycles. The molecule has 0 bridgehead atoms. The minimum atomic E-state index is -0.670. The van der Waals surface area contributed by atoms with Crippen LogP contribution in [-0.2, 0) is 17.8 Å². The van der Waals surface area contributed by atoms with Crippen molar-refractivity contribution in [1.29, 1.82) is 0 Å². The molecule has 0 aliphatic carbocycles. The van der Waals surface area contributed by atoms with E-state index in [0.717, 1.165) is 51.1 Å². The Balaban J connectivity index is 1.18. The quantitative estimate of drug-likeness (QED) is 0.542. The number of urea groups is 1. The molecule has 0 unspecified atom stereocenters. The van der Waals surface area contributed by atoms with Crippen molar-refractivity contribution in [2.45, 2.75) is 57.5 Å². The summed E-state index contributed by atoms with van der Waals surface area (Å²) in [5, 5.41) is 0. The normalized spacial score (nSPS) is 20.4. The van der Waals surface area contributed by atoms with E-state index in [1.54, 1.807) is 6.20 Å². The number of hydrogen-bond donors (Lipinski definition) is 0. The molecule has 5 rings (SSSR count). The lowest BCUT2D eigenvalue weighted by Gasteiger charge is -2.42. The second-order valence-corrected chi connectivity index (χ2v) is 10.1. The summed E-state index contributed by atoms with van der Waals surface area (Å²) in [6.45, 7) is 7.89. The number of carbonyl (C=O) groups is 2. The van der Waals surface area contributed by atoms with E-state index in [0.29, 0.717) is 25.9 Å². The number of piperidine rings is 1. The van der Waals surface area contributed by atoms with Gasteiger partial charge in [-0.3, -0.25) is 19.6 Å². The summed E-state index contributed by atoms with van der Waals surface area (Å²) in [4.78, 5) is 39.1. The molecule has 0 saturated carbocycles. The van der Waals surface area contributed by atoms with Gasteiger partial charge in [-0.05, 0) is 74.8 Å². The smallest absolute Gasteiger partial charge is 0.327 e. The summed E-state index contributed by atoms with van der Waals surface area (Å²) in [6, 6.07) is 12.8. The number of likely N-dealkylation sites (tertiary alicyclic amines) is 1. The highest BCUT2D eigenvalue weighted by Gasteiger charge is 2.57. The first-order valence-corrected chi connectivity index (χ1v) is 13.2. The molecule has 0 N–H and O–H groups in total. The average molecular weight is 476 g/mol. The van der Waals surface area contributed by atoms with Gasteiger partial charge in [0.05, 0.1) is 0 Å². The number of amides is 3. The molecule has 0 atom stereocenters. The minimum Gasteiger partial charge on any atom is -0.372 e. The maximum Gasteiger partial charge on any atom is 0.327 e. The number of imide groups is 1. The minimum absolute atomic E-state index is 0.00477. The monoisotopic (exact) mass is 475 g/mol. The van der Waals surface area contributed by atoms with Crippen molar-refractivity contribution < 1.29 is 9.59 Å². The molecule has 3 fully saturated rings. The number of hydrogen-bond acceptors (Lipinski definition) is 5. The fourth-order valence-corrected chi connectivity index (χ4v) is 6.02. The van der Waals surface area contributed by atoms with Crippen molar-refractivity contribution in [3.63, 3.8) is 0 Å². The molecule has 1 aromatic heterocycles. The average Bonchev–Trinajstić information content (AvgIpc) is 3.49. The second kappa shape index (κ2) is 10.4. The van der Waals surface area contributed by atoms with Crippen LogP contribution in [-0.4, -0.2) is 76.4 Å². The molecule has 35 heavy (non-hydrogen) atoms. The molecule has 3 aliphatic heterocycles. The van der Waals surface area contributed by atoms with E-state index < -0.39 is 5.54 Å². The Labute approximate surface area is 208 Å². The number of carbonyl (C=O) groups excluding carboxylic acids is 2. The number of aryl methyl sites for hydroxylation is 1. The molecular weight excluding hydrogens is 438 g/mol. The fraction of sp³-hybridized carbons (Fsp3) is 0.536. The van der Waals surface area contributed by atoms with Crippen LogP contribution in [0.5, 0.6) is 0 Å². The first-order chi connectivity index (χ1) is 17.1. The van der Waals surface area contributed by atoms with Gasteiger partial charge >= 0.3 is 6.03 Å².